The molecule has 3 aromatic heterocycles. The number of aromatic hydroxyl groups is 1. The Morgan fingerprint density at radius 1 is 0.944 bits per heavy atom. The third-order valence-corrected chi connectivity index (χ3v) is 7.31. The van der Waals surface area contributed by atoms with Gasteiger partial charge in [-0.05, 0) is 54.8 Å². The summed E-state index contributed by atoms with van der Waals surface area (Å²) < 4.78 is 13.0. The molecule has 2 aromatic carbocycles. The van der Waals surface area contributed by atoms with Crippen LogP contribution in [-0.4, -0.2) is 30.0 Å². The van der Waals surface area contributed by atoms with Crippen LogP contribution in [0, 0.1) is 6.92 Å². The van der Waals surface area contributed by atoms with E-state index < -0.39 is 10.8 Å². The molecule has 180 valence electrons. The fourth-order valence-corrected chi connectivity index (χ4v) is 5.41. The zero-order valence-corrected chi connectivity index (χ0v) is 20.9. The van der Waals surface area contributed by atoms with Gasteiger partial charge in [-0.25, -0.2) is 9.97 Å². The Bertz CT molecular complexity index is 1630. The van der Waals surface area contributed by atoms with Crippen LogP contribution >= 0.6 is 11.6 Å². The Morgan fingerprint density at radius 3 is 2.42 bits per heavy atom. The normalized spacial score (nSPS) is 12.1. The second kappa shape index (κ2) is 10.0. The SMILES string of the molecule is Cc1cc(-c2cc3c(=O)cc(S(=O)CCc4ccc(O)cc4)[nH]c3nc2-c2ccccc2)cc(Cl)n1. The summed E-state index contributed by atoms with van der Waals surface area (Å²) in [4.78, 5) is 25.3. The number of nitrogens with one attached hydrogen (secondary N) is 1. The Morgan fingerprint density at radius 2 is 1.69 bits per heavy atom. The molecule has 1 unspecified atom stereocenters. The van der Waals surface area contributed by atoms with Crippen LogP contribution < -0.4 is 5.43 Å². The smallest absolute Gasteiger partial charge is 0.192 e. The number of hydrogen-bond donors (Lipinski definition) is 2. The number of benzene rings is 2. The van der Waals surface area contributed by atoms with Gasteiger partial charge in [-0.2, -0.15) is 0 Å². The third kappa shape index (κ3) is 5.08. The molecular formula is C28H22ClN3O3S. The van der Waals surface area contributed by atoms with Gasteiger partial charge in [-0.1, -0.05) is 54.1 Å². The number of nitrogens with zero attached hydrogens (tertiary/aromatic N) is 2. The molecule has 0 saturated heterocycles. The van der Waals surface area contributed by atoms with Crippen molar-refractivity contribution < 1.29 is 9.32 Å². The Kier molecular flexibility index (Phi) is 6.67. The largest absolute Gasteiger partial charge is 0.508 e. The lowest BCUT2D eigenvalue weighted by Crippen LogP contribution is -2.11. The van der Waals surface area contributed by atoms with Gasteiger partial charge in [0.05, 0.1) is 21.9 Å². The monoisotopic (exact) mass is 515 g/mol. The highest BCUT2D eigenvalue weighted by atomic mass is 35.5. The highest BCUT2D eigenvalue weighted by Crippen LogP contribution is 2.33. The zero-order valence-electron chi connectivity index (χ0n) is 19.4. The number of phenolic OH excluding ortho intramolecular Hbond substituents is 1. The number of fused-ring (bicyclic) bond motifs is 1. The van der Waals surface area contributed by atoms with E-state index in [1.54, 1.807) is 36.4 Å². The molecular weight excluding hydrogens is 494 g/mol. The van der Waals surface area contributed by atoms with Crippen molar-refractivity contribution in [3.8, 4) is 28.1 Å². The van der Waals surface area contributed by atoms with Gasteiger partial charge in [0.15, 0.2) is 5.43 Å². The maximum absolute atomic E-state index is 13.1. The van der Waals surface area contributed by atoms with Crippen molar-refractivity contribution >= 4 is 33.4 Å². The number of aromatic nitrogens is 3. The van der Waals surface area contributed by atoms with Crippen LogP contribution in [0.4, 0.5) is 0 Å². The number of H-pyrrole nitrogens is 1. The first-order valence-corrected chi connectivity index (χ1v) is 13.0. The first-order chi connectivity index (χ1) is 17.4. The van der Waals surface area contributed by atoms with E-state index >= 15 is 0 Å². The number of rotatable bonds is 6. The number of aryl methyl sites for hydroxylation is 2. The van der Waals surface area contributed by atoms with Crippen LogP contribution in [0.2, 0.25) is 5.15 Å². The van der Waals surface area contributed by atoms with Crippen molar-refractivity contribution in [2.24, 2.45) is 0 Å². The average Bonchev–Trinajstić information content (AvgIpc) is 2.87. The molecule has 3 heterocycles. The van der Waals surface area contributed by atoms with Crippen LogP contribution in [-0.2, 0) is 17.2 Å². The molecule has 6 nitrogen and oxygen atoms in total. The summed E-state index contributed by atoms with van der Waals surface area (Å²) in [6.07, 6.45) is 0.538. The van der Waals surface area contributed by atoms with E-state index in [1.165, 1.54) is 6.07 Å². The van der Waals surface area contributed by atoms with Gasteiger partial charge in [0.2, 0.25) is 0 Å². The minimum Gasteiger partial charge on any atom is -0.508 e. The van der Waals surface area contributed by atoms with E-state index in [4.69, 9.17) is 16.6 Å². The quantitative estimate of drug-likeness (QED) is 0.284. The van der Waals surface area contributed by atoms with E-state index in [0.29, 0.717) is 39.1 Å². The first-order valence-electron chi connectivity index (χ1n) is 11.3. The van der Waals surface area contributed by atoms with Gasteiger partial charge in [0.25, 0.3) is 0 Å². The van der Waals surface area contributed by atoms with Crippen molar-refractivity contribution in [2.75, 3.05) is 5.75 Å². The lowest BCUT2D eigenvalue weighted by Gasteiger charge is -2.13. The van der Waals surface area contributed by atoms with Crippen molar-refractivity contribution in [3.63, 3.8) is 0 Å². The third-order valence-electron chi connectivity index (χ3n) is 5.83. The number of pyridine rings is 3. The molecule has 0 bridgehead atoms. The molecule has 1 atom stereocenters. The summed E-state index contributed by atoms with van der Waals surface area (Å²) in [6.45, 7) is 1.86. The highest BCUT2D eigenvalue weighted by molar-refractivity contribution is 7.84. The van der Waals surface area contributed by atoms with Gasteiger partial charge in [-0.3, -0.25) is 9.00 Å². The Hall–Kier alpha value is -3.81. The highest BCUT2D eigenvalue weighted by Gasteiger charge is 2.16. The van der Waals surface area contributed by atoms with E-state index in [9.17, 15) is 14.1 Å². The summed E-state index contributed by atoms with van der Waals surface area (Å²) in [5.74, 6) is 0.507. The molecule has 0 spiro atoms. The molecule has 0 aliphatic carbocycles. The van der Waals surface area contributed by atoms with Gasteiger partial charge < -0.3 is 10.1 Å². The Balaban J connectivity index is 1.59. The molecule has 5 rings (SSSR count). The Labute approximate surface area is 215 Å². The number of halogens is 1. The van der Waals surface area contributed by atoms with Crippen LogP contribution in [0.3, 0.4) is 0 Å². The average molecular weight is 516 g/mol. The first kappa shape index (κ1) is 23.9. The number of aromatic amines is 1. The van der Waals surface area contributed by atoms with Gasteiger partial charge >= 0.3 is 0 Å². The molecule has 5 aromatic rings. The van der Waals surface area contributed by atoms with E-state index in [1.807, 2.05) is 43.3 Å². The van der Waals surface area contributed by atoms with Gasteiger partial charge in [-0.15, -0.1) is 0 Å². The predicted octanol–water partition coefficient (Wildman–Crippen LogP) is 5.67. The topological polar surface area (TPSA) is 95.9 Å². The molecule has 0 saturated carbocycles. The van der Waals surface area contributed by atoms with Crippen LogP contribution in [0.15, 0.2) is 88.7 Å². The molecule has 0 amide bonds. The maximum atomic E-state index is 13.1. The molecule has 8 heteroatoms. The maximum Gasteiger partial charge on any atom is 0.192 e. The van der Waals surface area contributed by atoms with Gasteiger partial charge in [0.1, 0.15) is 21.6 Å². The summed E-state index contributed by atoms with van der Waals surface area (Å²) in [5.41, 5.74) is 4.92. The summed E-state index contributed by atoms with van der Waals surface area (Å²) in [6, 6.07) is 23.3. The molecule has 0 aliphatic heterocycles. The lowest BCUT2D eigenvalue weighted by molar-refractivity contribution is 0.475. The lowest BCUT2D eigenvalue weighted by atomic mass is 9.98. The fourth-order valence-electron chi connectivity index (χ4n) is 4.07. The minimum absolute atomic E-state index is 0.183. The molecule has 0 radical (unpaired) electrons. The molecule has 0 fully saturated rings. The molecule has 2 N–H and O–H groups in total. The number of hydrogen-bond acceptors (Lipinski definition) is 5. The molecule has 36 heavy (non-hydrogen) atoms. The summed E-state index contributed by atoms with van der Waals surface area (Å²) in [5, 5.41) is 10.5. The second-order valence-electron chi connectivity index (χ2n) is 8.43. The zero-order chi connectivity index (χ0) is 25.2. The van der Waals surface area contributed by atoms with Crippen LogP contribution in [0.1, 0.15) is 11.3 Å². The van der Waals surface area contributed by atoms with E-state index in [-0.39, 0.29) is 11.2 Å². The van der Waals surface area contributed by atoms with E-state index in [0.717, 1.165) is 27.9 Å². The van der Waals surface area contributed by atoms with Crippen molar-refractivity contribution in [1.82, 2.24) is 15.0 Å². The van der Waals surface area contributed by atoms with E-state index in [2.05, 4.69) is 9.97 Å². The predicted molar refractivity (Wildman–Crippen MR) is 144 cm³/mol. The molecule has 0 aliphatic rings. The van der Waals surface area contributed by atoms with Crippen molar-refractivity contribution in [1.29, 1.82) is 0 Å². The van der Waals surface area contributed by atoms with Crippen LogP contribution in [0.5, 0.6) is 5.75 Å². The summed E-state index contributed by atoms with van der Waals surface area (Å²) >= 11 is 6.24. The fraction of sp³-hybridized carbons (Fsp3) is 0.107. The number of phenols is 1. The second-order valence-corrected chi connectivity index (χ2v) is 10.4. The van der Waals surface area contributed by atoms with Crippen molar-refractivity contribution in [2.45, 2.75) is 18.4 Å². The van der Waals surface area contributed by atoms with Crippen molar-refractivity contribution in [3.05, 3.63) is 105 Å². The minimum atomic E-state index is -1.44. The van der Waals surface area contributed by atoms with Gasteiger partial charge in [0, 0.05) is 28.6 Å². The van der Waals surface area contributed by atoms with Crippen LogP contribution in [0.25, 0.3) is 33.4 Å². The standard InChI is InChI=1S/C28H22ClN3O3S/c1-17-13-20(14-25(29)30-17)22-15-23-24(34)16-26(36(35)12-11-18-7-9-21(33)10-8-18)31-28(23)32-27(22)19-5-3-2-4-6-19/h2-10,13-16,33H,11-12H2,1H3,(H,31,32,34). The summed E-state index contributed by atoms with van der Waals surface area (Å²) in [7, 11) is -1.44.